The molecule has 0 aliphatic heterocycles. The molecule has 3 N–H and O–H groups in total. The molecule has 0 aliphatic rings. The van der Waals surface area contributed by atoms with Crippen LogP contribution < -0.4 is 11.1 Å². The Labute approximate surface area is 76.5 Å². The molecule has 0 rings (SSSR count). The summed E-state index contributed by atoms with van der Waals surface area (Å²) in [5.41, 5.74) is 5.31. The minimum Gasteiger partial charge on any atom is -0.330 e. The molecule has 0 saturated heterocycles. The Kier molecular flexibility index (Phi) is 10.3. The summed E-state index contributed by atoms with van der Waals surface area (Å²) in [6, 6.07) is 0. The standard InChI is InChI=1S/C7H14N2S2/c1-2-4-9-5-7-11-10-6-3-8/h1,9H,3-8H2. The topological polar surface area (TPSA) is 38.0 Å². The largest absolute Gasteiger partial charge is 0.330 e. The Morgan fingerprint density at radius 1 is 1.36 bits per heavy atom. The van der Waals surface area contributed by atoms with E-state index in [1.807, 2.05) is 21.6 Å². The van der Waals surface area contributed by atoms with Gasteiger partial charge in [0.1, 0.15) is 0 Å². The predicted molar refractivity (Wildman–Crippen MR) is 55.7 cm³/mol. The minimum atomic E-state index is 0.669. The van der Waals surface area contributed by atoms with Gasteiger partial charge in [-0.3, -0.25) is 0 Å². The molecular weight excluding hydrogens is 176 g/mol. The Hall–Kier alpha value is 0.180. The fraction of sp³-hybridized carbons (Fsp3) is 0.714. The lowest BCUT2D eigenvalue weighted by molar-refractivity contribution is 0.819. The molecule has 2 nitrogen and oxygen atoms in total. The van der Waals surface area contributed by atoms with Crippen LogP contribution in [0.25, 0.3) is 0 Å². The van der Waals surface area contributed by atoms with Crippen molar-refractivity contribution < 1.29 is 0 Å². The van der Waals surface area contributed by atoms with Crippen LogP contribution in [0.5, 0.6) is 0 Å². The molecule has 64 valence electrons. The third kappa shape index (κ3) is 10.2. The fourth-order valence-corrected chi connectivity index (χ4v) is 2.25. The van der Waals surface area contributed by atoms with Crippen molar-refractivity contribution in [1.29, 1.82) is 0 Å². The van der Waals surface area contributed by atoms with Gasteiger partial charge >= 0.3 is 0 Å². The van der Waals surface area contributed by atoms with E-state index >= 15 is 0 Å². The lowest BCUT2D eigenvalue weighted by Gasteiger charge is -1.99. The number of hydrogen-bond donors (Lipinski definition) is 2. The van der Waals surface area contributed by atoms with Crippen molar-refractivity contribution in [2.45, 2.75) is 0 Å². The molecule has 0 fully saturated rings. The number of nitrogens with two attached hydrogens (primary N) is 1. The summed E-state index contributed by atoms with van der Waals surface area (Å²) in [6.07, 6.45) is 5.05. The van der Waals surface area contributed by atoms with Gasteiger partial charge in [-0.2, -0.15) is 0 Å². The second-order valence-electron chi connectivity index (χ2n) is 1.81. The number of nitrogens with one attached hydrogen (secondary N) is 1. The van der Waals surface area contributed by atoms with Crippen molar-refractivity contribution in [1.82, 2.24) is 5.32 Å². The number of hydrogen-bond acceptors (Lipinski definition) is 4. The average Bonchev–Trinajstić information content (AvgIpc) is 2.03. The van der Waals surface area contributed by atoms with Gasteiger partial charge in [0.15, 0.2) is 0 Å². The highest BCUT2D eigenvalue weighted by Gasteiger charge is 1.87. The second-order valence-corrected chi connectivity index (χ2v) is 4.52. The zero-order valence-electron chi connectivity index (χ0n) is 6.51. The van der Waals surface area contributed by atoms with Crippen LogP contribution >= 0.6 is 21.6 Å². The lowest BCUT2D eigenvalue weighted by Crippen LogP contribution is -2.16. The van der Waals surface area contributed by atoms with Crippen LogP contribution in [0.15, 0.2) is 0 Å². The summed E-state index contributed by atoms with van der Waals surface area (Å²) in [7, 11) is 3.65. The van der Waals surface area contributed by atoms with Crippen molar-refractivity contribution in [3.63, 3.8) is 0 Å². The van der Waals surface area contributed by atoms with Crippen molar-refractivity contribution in [2.75, 3.05) is 31.1 Å². The number of rotatable bonds is 7. The second kappa shape index (κ2) is 10.2. The SMILES string of the molecule is C#CCNCCSSCCN. The Bertz CT molecular complexity index is 111. The minimum absolute atomic E-state index is 0.669. The molecule has 0 radical (unpaired) electrons. The summed E-state index contributed by atoms with van der Waals surface area (Å²) in [6.45, 7) is 2.41. The molecule has 0 aromatic rings. The van der Waals surface area contributed by atoms with E-state index in [0.29, 0.717) is 6.54 Å². The van der Waals surface area contributed by atoms with E-state index in [-0.39, 0.29) is 0 Å². The smallest absolute Gasteiger partial charge is 0.0574 e. The van der Waals surface area contributed by atoms with Gasteiger partial charge < -0.3 is 11.1 Å². The predicted octanol–water partition coefficient (Wildman–Crippen LogP) is 0.549. The molecule has 0 heterocycles. The molecule has 0 aliphatic carbocycles. The monoisotopic (exact) mass is 190 g/mol. The molecule has 11 heavy (non-hydrogen) atoms. The summed E-state index contributed by atoms with van der Waals surface area (Å²) < 4.78 is 0. The summed E-state index contributed by atoms with van der Waals surface area (Å²) in [5, 5.41) is 3.11. The van der Waals surface area contributed by atoms with Crippen LogP contribution in [0, 0.1) is 12.3 Å². The van der Waals surface area contributed by atoms with Gasteiger partial charge in [0.25, 0.3) is 0 Å². The molecule has 0 saturated carbocycles. The van der Waals surface area contributed by atoms with E-state index in [0.717, 1.165) is 24.6 Å². The highest BCUT2D eigenvalue weighted by molar-refractivity contribution is 8.76. The van der Waals surface area contributed by atoms with Gasteiger partial charge in [0, 0.05) is 24.6 Å². The fourth-order valence-electron chi connectivity index (χ4n) is 0.440. The van der Waals surface area contributed by atoms with Gasteiger partial charge in [0.05, 0.1) is 6.54 Å². The van der Waals surface area contributed by atoms with E-state index in [2.05, 4.69) is 11.2 Å². The summed E-state index contributed by atoms with van der Waals surface area (Å²) in [4.78, 5) is 0. The van der Waals surface area contributed by atoms with E-state index in [9.17, 15) is 0 Å². The van der Waals surface area contributed by atoms with Gasteiger partial charge in [-0.1, -0.05) is 27.5 Å². The molecule has 0 unspecified atom stereocenters. The van der Waals surface area contributed by atoms with E-state index in [1.54, 1.807) is 0 Å². The van der Waals surface area contributed by atoms with Gasteiger partial charge in [-0.15, -0.1) is 6.42 Å². The van der Waals surface area contributed by atoms with E-state index in [1.165, 1.54) is 0 Å². The van der Waals surface area contributed by atoms with E-state index < -0.39 is 0 Å². The molecule has 0 aromatic carbocycles. The van der Waals surface area contributed by atoms with E-state index in [4.69, 9.17) is 12.2 Å². The molecular formula is C7H14N2S2. The van der Waals surface area contributed by atoms with Crippen molar-refractivity contribution in [2.24, 2.45) is 5.73 Å². The van der Waals surface area contributed by atoms with Crippen LogP contribution in [0.2, 0.25) is 0 Å². The molecule has 0 aromatic heterocycles. The van der Waals surface area contributed by atoms with Crippen LogP contribution in [0.4, 0.5) is 0 Å². The van der Waals surface area contributed by atoms with Gasteiger partial charge in [-0.05, 0) is 0 Å². The maximum Gasteiger partial charge on any atom is 0.0574 e. The summed E-state index contributed by atoms with van der Waals surface area (Å²) >= 11 is 0. The highest BCUT2D eigenvalue weighted by Crippen LogP contribution is 2.18. The molecule has 0 amide bonds. The first-order valence-electron chi connectivity index (χ1n) is 3.50. The zero-order chi connectivity index (χ0) is 8.36. The zero-order valence-corrected chi connectivity index (χ0v) is 8.14. The summed E-state index contributed by atoms with van der Waals surface area (Å²) in [5.74, 6) is 4.64. The average molecular weight is 190 g/mol. The first-order valence-corrected chi connectivity index (χ1v) is 5.99. The van der Waals surface area contributed by atoms with Crippen molar-refractivity contribution >= 4 is 21.6 Å². The Morgan fingerprint density at radius 2 is 2.09 bits per heavy atom. The number of terminal acetylenes is 1. The maximum absolute atomic E-state index is 5.31. The molecule has 4 heteroatoms. The highest BCUT2D eigenvalue weighted by atomic mass is 33.1. The van der Waals surface area contributed by atoms with Crippen molar-refractivity contribution in [3.05, 3.63) is 0 Å². The molecule has 0 bridgehead atoms. The van der Waals surface area contributed by atoms with Gasteiger partial charge in [-0.25, -0.2) is 0 Å². The first kappa shape index (κ1) is 11.2. The third-order valence-corrected chi connectivity index (χ3v) is 3.31. The van der Waals surface area contributed by atoms with Crippen LogP contribution in [-0.4, -0.2) is 31.1 Å². The van der Waals surface area contributed by atoms with Crippen LogP contribution in [0.3, 0.4) is 0 Å². The third-order valence-electron chi connectivity index (χ3n) is 0.874. The Balaban J connectivity index is 2.75. The van der Waals surface area contributed by atoms with Crippen molar-refractivity contribution in [3.8, 4) is 12.3 Å². The van der Waals surface area contributed by atoms with Crippen LogP contribution in [-0.2, 0) is 0 Å². The normalized spacial score (nSPS) is 9.45. The quantitative estimate of drug-likeness (QED) is 0.349. The van der Waals surface area contributed by atoms with Gasteiger partial charge in [0.2, 0.25) is 0 Å². The Morgan fingerprint density at radius 3 is 2.73 bits per heavy atom. The molecule has 0 spiro atoms. The van der Waals surface area contributed by atoms with Crippen LogP contribution in [0.1, 0.15) is 0 Å². The maximum atomic E-state index is 5.31. The lowest BCUT2D eigenvalue weighted by atomic mass is 10.6. The first-order chi connectivity index (χ1) is 5.41. The molecule has 0 atom stereocenters.